The minimum Gasteiger partial charge on any atom is -0.356 e. The van der Waals surface area contributed by atoms with Crippen molar-refractivity contribution < 1.29 is 9.32 Å². The summed E-state index contributed by atoms with van der Waals surface area (Å²) in [6.07, 6.45) is 2.58. The molecule has 156 valence electrons. The van der Waals surface area contributed by atoms with Crippen molar-refractivity contribution in [3.05, 3.63) is 71.6 Å². The maximum atomic E-state index is 12.5. The van der Waals surface area contributed by atoms with Gasteiger partial charge in [-0.2, -0.15) is 4.98 Å². The summed E-state index contributed by atoms with van der Waals surface area (Å²) in [5.74, 6) is 1.50. The molecule has 0 bridgehead atoms. The summed E-state index contributed by atoms with van der Waals surface area (Å²) in [5.41, 5.74) is 3.41. The molecular formula is C24H28N4O2. The lowest BCUT2D eigenvalue weighted by Gasteiger charge is -2.30. The molecule has 0 aliphatic carbocycles. The van der Waals surface area contributed by atoms with Crippen LogP contribution in [0.3, 0.4) is 0 Å². The molecule has 6 heteroatoms. The average molecular weight is 405 g/mol. The maximum absolute atomic E-state index is 12.5. The fourth-order valence-corrected chi connectivity index (χ4v) is 3.80. The molecule has 0 spiro atoms. The third kappa shape index (κ3) is 5.33. The molecule has 1 saturated heterocycles. The monoisotopic (exact) mass is 404 g/mol. The predicted molar refractivity (Wildman–Crippen MR) is 116 cm³/mol. The third-order valence-electron chi connectivity index (χ3n) is 5.65. The highest BCUT2D eigenvalue weighted by Gasteiger charge is 2.25. The zero-order valence-corrected chi connectivity index (χ0v) is 17.4. The van der Waals surface area contributed by atoms with E-state index in [0.29, 0.717) is 24.8 Å². The first kappa shape index (κ1) is 20.3. The number of hydrogen-bond acceptors (Lipinski definition) is 5. The predicted octanol–water partition coefficient (Wildman–Crippen LogP) is 3.62. The van der Waals surface area contributed by atoms with Crippen molar-refractivity contribution >= 4 is 5.91 Å². The molecule has 1 aromatic heterocycles. The molecule has 30 heavy (non-hydrogen) atoms. The smallest absolute Gasteiger partial charge is 0.241 e. The third-order valence-corrected chi connectivity index (χ3v) is 5.65. The molecular weight excluding hydrogens is 376 g/mol. The number of nitrogens with one attached hydrogen (secondary N) is 1. The van der Waals surface area contributed by atoms with Gasteiger partial charge in [-0.05, 0) is 44.8 Å². The number of piperidine rings is 1. The van der Waals surface area contributed by atoms with Crippen LogP contribution in [0, 0.1) is 12.8 Å². The summed E-state index contributed by atoms with van der Waals surface area (Å²) in [4.78, 5) is 19.3. The highest BCUT2D eigenvalue weighted by molar-refractivity contribution is 5.78. The molecule has 0 atom stereocenters. The van der Waals surface area contributed by atoms with E-state index in [1.54, 1.807) is 0 Å². The lowest BCUT2D eigenvalue weighted by Crippen LogP contribution is -2.40. The molecule has 3 aromatic rings. The molecule has 6 nitrogen and oxygen atoms in total. The van der Waals surface area contributed by atoms with Crippen molar-refractivity contribution in [2.24, 2.45) is 5.92 Å². The number of carbonyl (C=O) groups is 1. The van der Waals surface area contributed by atoms with Crippen molar-refractivity contribution in [3.8, 4) is 11.4 Å². The van der Waals surface area contributed by atoms with Crippen LogP contribution in [-0.2, 0) is 17.8 Å². The van der Waals surface area contributed by atoms with Gasteiger partial charge in [0, 0.05) is 18.0 Å². The highest BCUT2D eigenvalue weighted by atomic mass is 16.5. The Bertz CT molecular complexity index is 945. The van der Waals surface area contributed by atoms with Gasteiger partial charge in [0.1, 0.15) is 0 Å². The minimum atomic E-state index is 0.0860. The van der Waals surface area contributed by atoms with Gasteiger partial charge in [-0.3, -0.25) is 9.69 Å². The number of benzene rings is 2. The van der Waals surface area contributed by atoms with E-state index in [4.69, 9.17) is 4.52 Å². The highest BCUT2D eigenvalue weighted by Crippen LogP contribution is 2.21. The van der Waals surface area contributed by atoms with Gasteiger partial charge < -0.3 is 9.84 Å². The first-order valence-electron chi connectivity index (χ1n) is 10.6. The van der Waals surface area contributed by atoms with E-state index in [2.05, 4.69) is 39.4 Å². The fourth-order valence-electron chi connectivity index (χ4n) is 3.80. The van der Waals surface area contributed by atoms with Crippen LogP contribution in [-0.4, -0.2) is 40.6 Å². The molecule has 0 saturated carbocycles. The maximum Gasteiger partial charge on any atom is 0.241 e. The fraction of sp³-hybridized carbons (Fsp3) is 0.375. The zero-order valence-electron chi connectivity index (χ0n) is 17.4. The Kier molecular flexibility index (Phi) is 6.54. The number of carbonyl (C=O) groups excluding carboxylic acids is 1. The number of amides is 1. The van der Waals surface area contributed by atoms with Crippen LogP contribution >= 0.6 is 0 Å². The van der Waals surface area contributed by atoms with Gasteiger partial charge in [-0.25, -0.2) is 0 Å². The van der Waals surface area contributed by atoms with Crippen molar-refractivity contribution in [2.75, 3.05) is 19.6 Å². The number of rotatable bonds is 7. The van der Waals surface area contributed by atoms with E-state index < -0.39 is 0 Å². The number of aromatic nitrogens is 2. The molecule has 1 aliphatic heterocycles. The Balaban J connectivity index is 1.21. The molecule has 0 radical (unpaired) electrons. The Morgan fingerprint density at radius 1 is 1.10 bits per heavy atom. The van der Waals surface area contributed by atoms with Crippen LogP contribution in [0.15, 0.2) is 59.1 Å². The average Bonchev–Trinajstić information content (AvgIpc) is 3.24. The Morgan fingerprint density at radius 2 is 1.83 bits per heavy atom. The lowest BCUT2D eigenvalue weighted by atomic mass is 9.96. The first-order chi connectivity index (χ1) is 14.7. The Hall–Kier alpha value is -2.99. The summed E-state index contributed by atoms with van der Waals surface area (Å²) in [5, 5.41) is 7.20. The van der Waals surface area contributed by atoms with Gasteiger partial charge in [0.2, 0.25) is 17.6 Å². The summed E-state index contributed by atoms with van der Waals surface area (Å²) < 4.78 is 5.44. The molecule has 2 heterocycles. The van der Waals surface area contributed by atoms with E-state index in [1.807, 2.05) is 42.5 Å². The quantitative estimate of drug-likeness (QED) is 0.651. The zero-order chi connectivity index (χ0) is 20.8. The van der Waals surface area contributed by atoms with E-state index >= 15 is 0 Å². The number of hydrogen-bond donors (Lipinski definition) is 1. The van der Waals surface area contributed by atoms with Crippen molar-refractivity contribution in [3.63, 3.8) is 0 Å². The number of likely N-dealkylation sites (tertiary alicyclic amines) is 1. The molecule has 0 unspecified atom stereocenters. The van der Waals surface area contributed by atoms with Crippen molar-refractivity contribution in [2.45, 2.75) is 32.7 Å². The second kappa shape index (κ2) is 9.67. The largest absolute Gasteiger partial charge is 0.356 e. The SMILES string of the molecule is Cc1ccc(-c2noc(CN3CCC(C(=O)NCCc4ccccc4)CC3)n2)cc1. The van der Waals surface area contributed by atoms with Gasteiger partial charge in [-0.1, -0.05) is 65.3 Å². The molecule has 1 fully saturated rings. The van der Waals surface area contributed by atoms with Crippen LogP contribution in [0.4, 0.5) is 0 Å². The summed E-state index contributed by atoms with van der Waals surface area (Å²) >= 11 is 0. The van der Waals surface area contributed by atoms with Crippen LogP contribution in [0.1, 0.15) is 29.9 Å². The summed E-state index contributed by atoms with van der Waals surface area (Å²) in [6, 6.07) is 18.3. The second-order valence-corrected chi connectivity index (χ2v) is 7.95. The van der Waals surface area contributed by atoms with Crippen LogP contribution in [0.25, 0.3) is 11.4 Å². The summed E-state index contributed by atoms with van der Waals surface area (Å²) in [6.45, 7) is 5.09. The molecule has 1 N–H and O–H groups in total. The summed E-state index contributed by atoms with van der Waals surface area (Å²) in [7, 11) is 0. The molecule has 1 amide bonds. The number of aryl methyl sites for hydroxylation is 1. The standard InChI is InChI=1S/C24H28N4O2/c1-18-7-9-20(10-8-18)23-26-22(30-27-23)17-28-15-12-21(13-16-28)24(29)25-14-11-19-5-3-2-4-6-19/h2-10,21H,11-17H2,1H3,(H,25,29). The first-order valence-corrected chi connectivity index (χ1v) is 10.6. The molecule has 1 aliphatic rings. The minimum absolute atomic E-state index is 0.0860. The van der Waals surface area contributed by atoms with Crippen molar-refractivity contribution in [1.82, 2.24) is 20.4 Å². The Morgan fingerprint density at radius 3 is 2.57 bits per heavy atom. The second-order valence-electron chi connectivity index (χ2n) is 7.95. The van der Waals surface area contributed by atoms with Gasteiger partial charge in [0.15, 0.2) is 0 Å². The van der Waals surface area contributed by atoms with Crippen molar-refractivity contribution in [1.29, 1.82) is 0 Å². The van der Waals surface area contributed by atoms with E-state index in [1.165, 1.54) is 11.1 Å². The van der Waals surface area contributed by atoms with E-state index in [-0.39, 0.29) is 11.8 Å². The topological polar surface area (TPSA) is 71.3 Å². The molecule has 2 aromatic carbocycles. The lowest BCUT2D eigenvalue weighted by molar-refractivity contribution is -0.126. The van der Waals surface area contributed by atoms with Gasteiger partial charge >= 0.3 is 0 Å². The van der Waals surface area contributed by atoms with Gasteiger partial charge in [-0.15, -0.1) is 0 Å². The van der Waals surface area contributed by atoms with Crippen LogP contribution in [0.5, 0.6) is 0 Å². The van der Waals surface area contributed by atoms with E-state index in [9.17, 15) is 4.79 Å². The van der Waals surface area contributed by atoms with Gasteiger partial charge in [0.05, 0.1) is 6.54 Å². The Labute approximate surface area is 177 Å². The normalized spacial score (nSPS) is 15.2. The van der Waals surface area contributed by atoms with Crippen LogP contribution < -0.4 is 5.32 Å². The van der Waals surface area contributed by atoms with Gasteiger partial charge in [0.25, 0.3) is 0 Å². The molecule has 4 rings (SSSR count). The van der Waals surface area contributed by atoms with E-state index in [0.717, 1.165) is 37.9 Å². The van der Waals surface area contributed by atoms with Crippen LogP contribution in [0.2, 0.25) is 0 Å². The number of nitrogens with zero attached hydrogens (tertiary/aromatic N) is 3.